The maximum atomic E-state index is 10.3. The molecule has 0 aromatic rings. The van der Waals surface area contributed by atoms with Crippen molar-refractivity contribution in [3.05, 3.63) is 25.8 Å². The monoisotopic (exact) mass is 205 g/mol. The van der Waals surface area contributed by atoms with Crippen molar-refractivity contribution < 1.29 is 19.7 Å². The van der Waals surface area contributed by atoms with Crippen molar-refractivity contribution in [2.45, 2.75) is 0 Å². The minimum atomic E-state index is -0.216. The molecular weight excluding hydrogens is 186 g/mol. The molecule has 0 aliphatic rings. The normalized spacial score (nSPS) is 7.07. The van der Waals surface area contributed by atoms with Gasteiger partial charge in [-0.3, -0.25) is 4.79 Å². The molecule has 0 heterocycles. The van der Waals surface area contributed by atoms with E-state index in [1.54, 1.807) is 0 Å². The van der Waals surface area contributed by atoms with Gasteiger partial charge in [-0.1, -0.05) is 6.58 Å². The Balaban J connectivity index is -0.000000170. The fraction of sp³-hybridized carbons (Fsp3) is 0.444. The standard InChI is InChI=1S/C5H9NO2.C2H6O2.C2H4/c1-3-5(7)6-4-8-2;3-1-2-4;1-2/h3H,1,4H2,2H3,(H,6,7);3-4H,1-2H2;1-2H2. The van der Waals surface area contributed by atoms with E-state index in [-0.39, 0.29) is 25.9 Å². The first-order chi connectivity index (χ1) is 6.72. The first kappa shape index (κ1) is 18.6. The molecule has 0 aromatic heterocycles. The van der Waals surface area contributed by atoms with Crippen LogP contribution in [0.15, 0.2) is 25.8 Å². The number of carbonyl (C=O) groups excluding carboxylic acids is 1. The lowest BCUT2D eigenvalue weighted by atomic mass is 10.6. The summed E-state index contributed by atoms with van der Waals surface area (Å²) < 4.78 is 4.53. The van der Waals surface area contributed by atoms with Crippen molar-refractivity contribution in [2.24, 2.45) is 0 Å². The third kappa shape index (κ3) is 30.8. The van der Waals surface area contributed by atoms with Crippen LogP contribution in [0.3, 0.4) is 0 Å². The van der Waals surface area contributed by atoms with E-state index in [0.29, 0.717) is 0 Å². The molecule has 0 aliphatic heterocycles. The van der Waals surface area contributed by atoms with E-state index in [4.69, 9.17) is 10.2 Å². The van der Waals surface area contributed by atoms with Crippen LogP contribution in [0.5, 0.6) is 0 Å². The lowest BCUT2D eigenvalue weighted by Crippen LogP contribution is -2.22. The third-order valence-corrected chi connectivity index (χ3v) is 0.676. The van der Waals surface area contributed by atoms with E-state index in [1.807, 2.05) is 0 Å². The SMILES string of the molecule is C=C.C=CC(=O)NCOC.OCCO. The Bertz CT molecular complexity index is 126. The van der Waals surface area contributed by atoms with E-state index in [1.165, 1.54) is 13.2 Å². The van der Waals surface area contributed by atoms with Gasteiger partial charge in [0.2, 0.25) is 5.91 Å². The highest BCUT2D eigenvalue weighted by atomic mass is 16.5. The summed E-state index contributed by atoms with van der Waals surface area (Å²) in [6, 6.07) is 0. The molecule has 5 nitrogen and oxygen atoms in total. The summed E-state index contributed by atoms with van der Waals surface area (Å²) in [6.45, 7) is 9.24. The van der Waals surface area contributed by atoms with Crippen molar-refractivity contribution in [3.8, 4) is 0 Å². The molecule has 5 heteroatoms. The van der Waals surface area contributed by atoms with Gasteiger partial charge in [0.05, 0.1) is 13.2 Å². The Morgan fingerprint density at radius 3 is 2.07 bits per heavy atom. The summed E-state index contributed by atoms with van der Waals surface area (Å²) in [4.78, 5) is 10.3. The van der Waals surface area contributed by atoms with Crippen LogP contribution >= 0.6 is 0 Å². The number of rotatable bonds is 4. The topological polar surface area (TPSA) is 78.8 Å². The van der Waals surface area contributed by atoms with Crippen molar-refractivity contribution in [1.82, 2.24) is 5.32 Å². The van der Waals surface area contributed by atoms with Crippen LogP contribution in [0.4, 0.5) is 0 Å². The molecule has 3 N–H and O–H groups in total. The smallest absolute Gasteiger partial charge is 0.245 e. The van der Waals surface area contributed by atoms with Gasteiger partial charge in [0.25, 0.3) is 0 Å². The zero-order valence-corrected chi connectivity index (χ0v) is 8.53. The Morgan fingerprint density at radius 1 is 1.43 bits per heavy atom. The van der Waals surface area contributed by atoms with Crippen LogP contribution in [0, 0.1) is 0 Å². The summed E-state index contributed by atoms with van der Waals surface area (Å²) in [5, 5.41) is 17.7. The molecule has 0 spiro atoms. The van der Waals surface area contributed by atoms with Gasteiger partial charge >= 0.3 is 0 Å². The Kier molecular flexibility index (Phi) is 30.0. The molecular formula is C9H19NO4. The molecule has 0 fully saturated rings. The average molecular weight is 205 g/mol. The van der Waals surface area contributed by atoms with Crippen LogP contribution in [0.2, 0.25) is 0 Å². The number of hydrogen-bond acceptors (Lipinski definition) is 4. The van der Waals surface area contributed by atoms with E-state index < -0.39 is 0 Å². The number of methoxy groups -OCH3 is 1. The van der Waals surface area contributed by atoms with Gasteiger partial charge in [-0.25, -0.2) is 0 Å². The number of carbonyl (C=O) groups is 1. The minimum absolute atomic E-state index is 0.125. The Morgan fingerprint density at radius 2 is 1.86 bits per heavy atom. The summed E-state index contributed by atoms with van der Waals surface area (Å²) in [7, 11) is 1.50. The predicted octanol–water partition coefficient (Wildman–Crippen LogP) is -0.334. The van der Waals surface area contributed by atoms with Crippen LogP contribution in [0.1, 0.15) is 0 Å². The predicted molar refractivity (Wildman–Crippen MR) is 55.6 cm³/mol. The van der Waals surface area contributed by atoms with Crippen molar-refractivity contribution in [1.29, 1.82) is 0 Å². The minimum Gasteiger partial charge on any atom is -0.394 e. The summed E-state index contributed by atoms with van der Waals surface area (Å²) in [5.41, 5.74) is 0. The van der Waals surface area contributed by atoms with Crippen LogP contribution in [-0.2, 0) is 9.53 Å². The molecule has 0 aliphatic carbocycles. The Labute approximate surface area is 84.7 Å². The molecule has 14 heavy (non-hydrogen) atoms. The van der Waals surface area contributed by atoms with E-state index in [0.717, 1.165) is 0 Å². The van der Waals surface area contributed by atoms with E-state index >= 15 is 0 Å². The molecule has 0 bridgehead atoms. The molecule has 84 valence electrons. The molecule has 1 amide bonds. The van der Waals surface area contributed by atoms with Crippen molar-refractivity contribution >= 4 is 5.91 Å². The molecule has 0 unspecified atom stereocenters. The number of aliphatic hydroxyl groups excluding tert-OH is 2. The fourth-order valence-corrected chi connectivity index (χ4v) is 0.215. The molecule has 0 saturated heterocycles. The number of ether oxygens (including phenoxy) is 1. The molecule has 0 saturated carbocycles. The first-order valence-corrected chi connectivity index (χ1v) is 3.83. The molecule has 0 atom stereocenters. The summed E-state index contributed by atoms with van der Waals surface area (Å²) >= 11 is 0. The Hall–Kier alpha value is -1.17. The van der Waals surface area contributed by atoms with Crippen molar-refractivity contribution in [3.63, 3.8) is 0 Å². The number of amides is 1. The summed E-state index contributed by atoms with van der Waals surface area (Å²) in [6.07, 6.45) is 1.19. The van der Waals surface area contributed by atoms with E-state index in [2.05, 4.69) is 29.8 Å². The van der Waals surface area contributed by atoms with Gasteiger partial charge in [0.1, 0.15) is 6.73 Å². The quantitative estimate of drug-likeness (QED) is 0.333. The van der Waals surface area contributed by atoms with Gasteiger partial charge < -0.3 is 20.3 Å². The van der Waals surface area contributed by atoms with Gasteiger partial charge in [0, 0.05) is 7.11 Å². The first-order valence-electron chi connectivity index (χ1n) is 3.83. The maximum Gasteiger partial charge on any atom is 0.245 e. The number of hydrogen-bond donors (Lipinski definition) is 3. The van der Waals surface area contributed by atoms with Crippen LogP contribution < -0.4 is 5.32 Å². The second-order valence-electron chi connectivity index (χ2n) is 1.63. The van der Waals surface area contributed by atoms with Crippen molar-refractivity contribution in [2.75, 3.05) is 27.1 Å². The zero-order valence-electron chi connectivity index (χ0n) is 8.53. The number of nitrogens with one attached hydrogen (secondary N) is 1. The van der Waals surface area contributed by atoms with Gasteiger partial charge in [0.15, 0.2) is 0 Å². The molecule has 0 aromatic carbocycles. The number of aliphatic hydroxyl groups is 2. The van der Waals surface area contributed by atoms with Gasteiger partial charge in [-0.05, 0) is 6.08 Å². The molecule has 0 rings (SSSR count). The van der Waals surface area contributed by atoms with Gasteiger partial charge in [-0.2, -0.15) is 0 Å². The average Bonchev–Trinajstić information content (AvgIpc) is 2.28. The third-order valence-electron chi connectivity index (χ3n) is 0.676. The van der Waals surface area contributed by atoms with E-state index in [9.17, 15) is 4.79 Å². The summed E-state index contributed by atoms with van der Waals surface area (Å²) in [5.74, 6) is -0.216. The lowest BCUT2D eigenvalue weighted by Gasteiger charge is -1.96. The second-order valence-corrected chi connectivity index (χ2v) is 1.63. The molecule has 0 radical (unpaired) electrons. The van der Waals surface area contributed by atoms with Gasteiger partial charge in [-0.15, -0.1) is 13.2 Å². The highest BCUT2D eigenvalue weighted by Crippen LogP contribution is 1.64. The fourth-order valence-electron chi connectivity index (χ4n) is 0.215. The van der Waals surface area contributed by atoms with Crippen LogP contribution in [0.25, 0.3) is 0 Å². The lowest BCUT2D eigenvalue weighted by molar-refractivity contribution is -0.117. The highest BCUT2D eigenvalue weighted by molar-refractivity contribution is 5.86. The largest absolute Gasteiger partial charge is 0.394 e. The van der Waals surface area contributed by atoms with Crippen LogP contribution in [-0.4, -0.2) is 43.2 Å². The zero-order chi connectivity index (χ0) is 11.8. The second kappa shape index (κ2) is 22.6. The highest BCUT2D eigenvalue weighted by Gasteiger charge is 1.86. The maximum absolute atomic E-state index is 10.3.